The molecule has 40 heavy (non-hydrogen) atoms. The number of nitrogens with zero attached hydrogens (tertiary/aromatic N) is 2. The monoisotopic (exact) mass is 508 g/mol. The summed E-state index contributed by atoms with van der Waals surface area (Å²) in [5, 5.41) is 5.15. The standard InChI is InChI=1S/C36H21BN2O/c1-2-10-22(11-3-1)38-27-15-7-4-12-23(27)33-29(38)19-20-30-34(33)24-18-21-32-35-36(24)39(30)28-16-8-5-13-25(28)37(35)26-14-6-9-17-31(26)40-32/h1-21H. The molecule has 0 atom stereocenters. The van der Waals surface area contributed by atoms with Crippen molar-refractivity contribution >= 4 is 66.7 Å². The van der Waals surface area contributed by atoms with Crippen molar-refractivity contribution in [1.29, 1.82) is 0 Å². The highest BCUT2D eigenvalue weighted by atomic mass is 16.5. The molecule has 6 aromatic carbocycles. The van der Waals surface area contributed by atoms with E-state index in [-0.39, 0.29) is 6.71 Å². The predicted molar refractivity (Wildman–Crippen MR) is 166 cm³/mol. The van der Waals surface area contributed by atoms with E-state index in [0.717, 1.165) is 11.5 Å². The molecule has 2 aromatic heterocycles. The maximum absolute atomic E-state index is 6.56. The molecule has 8 aromatic rings. The molecule has 0 saturated heterocycles. The van der Waals surface area contributed by atoms with Gasteiger partial charge in [0.2, 0.25) is 0 Å². The smallest absolute Gasteiger partial charge is 0.256 e. The third-order valence-corrected chi connectivity index (χ3v) is 8.97. The SMILES string of the molecule is c1ccc(-n2c3ccccc3c3c4c5ccc6c7c5n(c4ccc32)-c2ccccc2B7c2ccccc2O6)cc1. The van der Waals surface area contributed by atoms with Gasteiger partial charge in [-0.2, -0.15) is 0 Å². The Morgan fingerprint density at radius 2 is 1.18 bits per heavy atom. The van der Waals surface area contributed by atoms with E-state index in [1.54, 1.807) is 0 Å². The minimum atomic E-state index is 0.137. The molecular weight excluding hydrogens is 487 g/mol. The molecule has 0 bridgehead atoms. The fraction of sp³-hybridized carbons (Fsp3) is 0. The Kier molecular flexibility index (Phi) is 3.75. The average Bonchev–Trinajstić information content (AvgIpc) is 3.54. The van der Waals surface area contributed by atoms with Crippen molar-refractivity contribution in [2.24, 2.45) is 0 Å². The van der Waals surface area contributed by atoms with Crippen molar-refractivity contribution in [1.82, 2.24) is 9.13 Å². The summed E-state index contributed by atoms with van der Waals surface area (Å²) >= 11 is 0. The molecule has 0 radical (unpaired) electrons. The third-order valence-electron chi connectivity index (χ3n) is 8.97. The summed E-state index contributed by atoms with van der Waals surface area (Å²) in [7, 11) is 0. The lowest BCUT2D eigenvalue weighted by atomic mass is 9.34. The van der Waals surface area contributed by atoms with Gasteiger partial charge in [-0.05, 0) is 71.0 Å². The van der Waals surface area contributed by atoms with E-state index in [2.05, 4.69) is 137 Å². The summed E-state index contributed by atoms with van der Waals surface area (Å²) in [6.07, 6.45) is 0. The second-order valence-electron chi connectivity index (χ2n) is 10.9. The number of benzene rings is 6. The molecule has 0 aliphatic carbocycles. The minimum Gasteiger partial charge on any atom is -0.458 e. The van der Waals surface area contributed by atoms with E-state index in [9.17, 15) is 0 Å². The first-order chi connectivity index (χ1) is 19.9. The van der Waals surface area contributed by atoms with Crippen molar-refractivity contribution in [2.45, 2.75) is 0 Å². The zero-order chi connectivity index (χ0) is 25.9. The van der Waals surface area contributed by atoms with Crippen LogP contribution >= 0.6 is 0 Å². The first kappa shape index (κ1) is 20.7. The average molecular weight is 508 g/mol. The number of ether oxygens (including phenoxy) is 1. The van der Waals surface area contributed by atoms with Crippen molar-refractivity contribution in [3.8, 4) is 22.9 Å². The van der Waals surface area contributed by atoms with Gasteiger partial charge >= 0.3 is 0 Å². The van der Waals surface area contributed by atoms with Crippen LogP contribution in [-0.4, -0.2) is 15.8 Å². The van der Waals surface area contributed by atoms with Gasteiger partial charge in [-0.15, -0.1) is 0 Å². The van der Waals surface area contributed by atoms with Crippen LogP contribution in [0, 0.1) is 0 Å². The van der Waals surface area contributed by atoms with Crippen molar-refractivity contribution in [2.75, 3.05) is 0 Å². The second-order valence-corrected chi connectivity index (χ2v) is 10.9. The van der Waals surface area contributed by atoms with Crippen LogP contribution in [-0.2, 0) is 0 Å². The lowest BCUT2D eigenvalue weighted by Crippen LogP contribution is -2.58. The molecule has 4 heteroatoms. The minimum absolute atomic E-state index is 0.137. The van der Waals surface area contributed by atoms with E-state index < -0.39 is 0 Å². The van der Waals surface area contributed by atoms with Crippen molar-refractivity contribution in [3.05, 3.63) is 127 Å². The molecular formula is C36H21BN2O. The summed E-state index contributed by atoms with van der Waals surface area (Å²) < 4.78 is 11.4. The first-order valence-corrected chi connectivity index (χ1v) is 13.8. The Balaban J connectivity index is 1.44. The van der Waals surface area contributed by atoms with E-state index in [4.69, 9.17) is 4.74 Å². The Bertz CT molecular complexity index is 2360. The lowest BCUT2D eigenvalue weighted by molar-refractivity contribution is 0.488. The van der Waals surface area contributed by atoms with Crippen molar-refractivity contribution < 1.29 is 4.74 Å². The molecule has 0 saturated carbocycles. The van der Waals surface area contributed by atoms with E-state index in [0.29, 0.717) is 0 Å². The van der Waals surface area contributed by atoms with Gasteiger partial charge in [0.1, 0.15) is 11.5 Å². The summed E-state index contributed by atoms with van der Waals surface area (Å²) in [5.41, 5.74) is 11.2. The summed E-state index contributed by atoms with van der Waals surface area (Å²) in [5.74, 6) is 1.91. The highest BCUT2D eigenvalue weighted by Gasteiger charge is 2.40. The van der Waals surface area contributed by atoms with Crippen LogP contribution in [0.15, 0.2) is 127 Å². The zero-order valence-corrected chi connectivity index (χ0v) is 21.5. The van der Waals surface area contributed by atoms with E-state index >= 15 is 0 Å². The predicted octanol–water partition coefficient (Wildman–Crippen LogP) is 6.82. The molecule has 0 fully saturated rings. The molecule has 10 rings (SSSR count). The van der Waals surface area contributed by atoms with Crippen LogP contribution in [0.25, 0.3) is 55.0 Å². The van der Waals surface area contributed by atoms with Crippen LogP contribution in [0.4, 0.5) is 0 Å². The Morgan fingerprint density at radius 3 is 2.08 bits per heavy atom. The fourth-order valence-electron chi connectivity index (χ4n) is 7.48. The quantitative estimate of drug-likeness (QED) is 0.223. The van der Waals surface area contributed by atoms with Gasteiger partial charge in [0.05, 0.1) is 22.1 Å². The van der Waals surface area contributed by atoms with Gasteiger partial charge in [-0.1, -0.05) is 72.8 Å². The molecule has 3 nitrogen and oxygen atoms in total. The van der Waals surface area contributed by atoms with Gasteiger partial charge in [0.15, 0.2) is 0 Å². The van der Waals surface area contributed by atoms with Gasteiger partial charge in [-0.3, -0.25) is 0 Å². The van der Waals surface area contributed by atoms with Crippen molar-refractivity contribution in [3.63, 3.8) is 0 Å². The molecule has 0 amide bonds. The molecule has 2 aliphatic heterocycles. The Hall–Kier alpha value is -5.22. The first-order valence-electron chi connectivity index (χ1n) is 13.8. The van der Waals surface area contributed by atoms with Crippen LogP contribution in [0.2, 0.25) is 0 Å². The van der Waals surface area contributed by atoms with Crippen LogP contribution in [0.3, 0.4) is 0 Å². The van der Waals surface area contributed by atoms with Gasteiger partial charge in [-0.25, -0.2) is 0 Å². The number of hydrogen-bond acceptors (Lipinski definition) is 1. The number of para-hydroxylation sites is 4. The van der Waals surface area contributed by atoms with Crippen LogP contribution in [0.1, 0.15) is 0 Å². The lowest BCUT2D eigenvalue weighted by Gasteiger charge is -2.32. The third kappa shape index (κ3) is 2.39. The molecule has 0 spiro atoms. The Morgan fingerprint density at radius 1 is 0.475 bits per heavy atom. The topological polar surface area (TPSA) is 19.1 Å². The van der Waals surface area contributed by atoms with Crippen LogP contribution < -0.4 is 21.1 Å². The highest BCUT2D eigenvalue weighted by Crippen LogP contribution is 2.44. The number of fused-ring (bicyclic) bond motifs is 12. The molecule has 2 aliphatic rings. The van der Waals surface area contributed by atoms with Crippen LogP contribution in [0.5, 0.6) is 11.5 Å². The largest absolute Gasteiger partial charge is 0.458 e. The fourth-order valence-corrected chi connectivity index (χ4v) is 7.48. The molecule has 0 unspecified atom stereocenters. The Labute approximate surface area is 230 Å². The maximum atomic E-state index is 6.56. The number of aromatic nitrogens is 2. The molecule has 184 valence electrons. The number of hydrogen-bond donors (Lipinski definition) is 0. The highest BCUT2D eigenvalue weighted by molar-refractivity contribution is 6.99. The number of rotatable bonds is 1. The van der Waals surface area contributed by atoms with Gasteiger partial charge in [0.25, 0.3) is 6.71 Å². The van der Waals surface area contributed by atoms with Gasteiger partial charge in [0, 0.05) is 32.9 Å². The normalized spacial score (nSPS) is 13.2. The van der Waals surface area contributed by atoms with E-state index in [1.807, 2.05) is 0 Å². The summed E-state index contributed by atoms with van der Waals surface area (Å²) in [6, 6.07) is 46.0. The maximum Gasteiger partial charge on any atom is 0.256 e. The summed E-state index contributed by atoms with van der Waals surface area (Å²) in [6.45, 7) is 0.137. The summed E-state index contributed by atoms with van der Waals surface area (Å²) in [4.78, 5) is 0. The van der Waals surface area contributed by atoms with E-state index in [1.165, 1.54) is 71.4 Å². The molecule has 4 heterocycles. The molecule has 0 N–H and O–H groups in total. The second kappa shape index (κ2) is 7.25. The van der Waals surface area contributed by atoms with Gasteiger partial charge < -0.3 is 13.9 Å². The zero-order valence-electron chi connectivity index (χ0n) is 21.5.